The Labute approximate surface area is 140 Å². The van der Waals surface area contributed by atoms with Crippen molar-refractivity contribution in [2.75, 3.05) is 33.4 Å². The van der Waals surface area contributed by atoms with E-state index in [0.717, 1.165) is 44.6 Å². The van der Waals surface area contributed by atoms with Gasteiger partial charge in [-0.1, -0.05) is 25.8 Å². The average molecular weight is 321 g/mol. The van der Waals surface area contributed by atoms with Crippen molar-refractivity contribution >= 4 is 6.47 Å². The third-order valence-electron chi connectivity index (χ3n) is 4.26. The Bertz CT molecular complexity index is 448. The molecule has 0 amide bonds. The van der Waals surface area contributed by atoms with Crippen LogP contribution < -0.4 is 4.74 Å². The van der Waals surface area contributed by atoms with Gasteiger partial charge in [-0.25, -0.2) is 0 Å². The standard InChI is InChI=1S/C19H31NO3/c1-4-20(12-7-5-6-8-14-23-16-21)13-11-18-15-19(22-3)10-9-17(18)2/h9-10,15-16H,4-8,11-14H2,1-3H3. The van der Waals surface area contributed by atoms with Gasteiger partial charge >= 0.3 is 0 Å². The summed E-state index contributed by atoms with van der Waals surface area (Å²) in [6.45, 7) is 8.75. The van der Waals surface area contributed by atoms with E-state index in [9.17, 15) is 4.79 Å². The fourth-order valence-corrected chi connectivity index (χ4v) is 2.67. The van der Waals surface area contributed by atoms with E-state index in [1.807, 2.05) is 6.07 Å². The van der Waals surface area contributed by atoms with Crippen LogP contribution in [0.4, 0.5) is 0 Å². The quantitative estimate of drug-likeness (QED) is 0.411. The number of hydrogen-bond donors (Lipinski definition) is 0. The highest BCUT2D eigenvalue weighted by atomic mass is 16.5. The normalized spacial score (nSPS) is 10.8. The molecule has 0 N–H and O–H groups in total. The van der Waals surface area contributed by atoms with Gasteiger partial charge in [0.05, 0.1) is 13.7 Å². The summed E-state index contributed by atoms with van der Waals surface area (Å²) < 4.78 is 10.0. The maximum Gasteiger partial charge on any atom is 0.293 e. The van der Waals surface area contributed by atoms with E-state index in [1.165, 1.54) is 24.0 Å². The molecule has 4 heteroatoms. The Kier molecular flexibility index (Phi) is 10.1. The van der Waals surface area contributed by atoms with Crippen LogP contribution in [0.2, 0.25) is 0 Å². The molecular weight excluding hydrogens is 290 g/mol. The molecule has 4 nitrogen and oxygen atoms in total. The second-order valence-corrected chi connectivity index (χ2v) is 5.86. The number of methoxy groups -OCH3 is 1. The molecule has 0 aliphatic heterocycles. The molecule has 0 heterocycles. The van der Waals surface area contributed by atoms with Crippen molar-refractivity contribution in [2.24, 2.45) is 0 Å². The highest BCUT2D eigenvalue weighted by Crippen LogP contribution is 2.18. The Balaban J connectivity index is 2.27. The summed E-state index contributed by atoms with van der Waals surface area (Å²) in [6, 6.07) is 6.30. The van der Waals surface area contributed by atoms with E-state index in [4.69, 9.17) is 9.47 Å². The number of carbonyl (C=O) groups excluding carboxylic acids is 1. The second-order valence-electron chi connectivity index (χ2n) is 5.86. The number of likely N-dealkylation sites (N-methyl/N-ethyl adjacent to an activating group) is 1. The van der Waals surface area contributed by atoms with Gasteiger partial charge in [-0.15, -0.1) is 0 Å². The fourth-order valence-electron chi connectivity index (χ4n) is 2.67. The number of rotatable bonds is 13. The highest BCUT2D eigenvalue weighted by Gasteiger charge is 2.06. The molecule has 23 heavy (non-hydrogen) atoms. The lowest BCUT2D eigenvalue weighted by molar-refractivity contribution is -0.128. The minimum Gasteiger partial charge on any atom is -0.497 e. The monoisotopic (exact) mass is 321 g/mol. The molecule has 130 valence electrons. The molecule has 0 unspecified atom stereocenters. The fraction of sp³-hybridized carbons (Fsp3) is 0.632. The Hall–Kier alpha value is -1.55. The molecule has 1 rings (SSSR count). The first-order valence-corrected chi connectivity index (χ1v) is 8.62. The molecule has 0 atom stereocenters. The molecule has 0 saturated heterocycles. The smallest absolute Gasteiger partial charge is 0.293 e. The van der Waals surface area contributed by atoms with E-state index in [2.05, 4.69) is 30.9 Å². The molecule has 0 radical (unpaired) electrons. The van der Waals surface area contributed by atoms with E-state index in [0.29, 0.717) is 13.1 Å². The highest BCUT2D eigenvalue weighted by molar-refractivity contribution is 5.36. The predicted molar refractivity (Wildman–Crippen MR) is 94.0 cm³/mol. The number of unbranched alkanes of at least 4 members (excludes halogenated alkanes) is 3. The Morgan fingerprint density at radius 1 is 1.13 bits per heavy atom. The molecule has 0 spiro atoms. The summed E-state index contributed by atoms with van der Waals surface area (Å²) in [4.78, 5) is 12.5. The average Bonchev–Trinajstić information content (AvgIpc) is 2.58. The number of nitrogens with zero attached hydrogens (tertiary/aromatic N) is 1. The number of benzene rings is 1. The minimum atomic E-state index is 0.527. The van der Waals surface area contributed by atoms with Gasteiger partial charge < -0.3 is 14.4 Å². The van der Waals surface area contributed by atoms with Gasteiger partial charge in [0.25, 0.3) is 6.47 Å². The van der Waals surface area contributed by atoms with Crippen molar-refractivity contribution < 1.29 is 14.3 Å². The zero-order valence-electron chi connectivity index (χ0n) is 14.8. The molecule has 1 aromatic carbocycles. The Morgan fingerprint density at radius 2 is 1.91 bits per heavy atom. The van der Waals surface area contributed by atoms with Gasteiger partial charge in [-0.2, -0.15) is 0 Å². The Morgan fingerprint density at radius 3 is 2.61 bits per heavy atom. The van der Waals surface area contributed by atoms with Crippen LogP contribution in [0.25, 0.3) is 0 Å². The lowest BCUT2D eigenvalue weighted by Gasteiger charge is -2.21. The van der Waals surface area contributed by atoms with Crippen LogP contribution in [0.3, 0.4) is 0 Å². The third-order valence-corrected chi connectivity index (χ3v) is 4.26. The first kappa shape index (κ1) is 19.5. The lowest BCUT2D eigenvalue weighted by Crippen LogP contribution is -2.27. The van der Waals surface area contributed by atoms with Crippen LogP contribution in [0.15, 0.2) is 18.2 Å². The molecule has 0 aliphatic rings. The van der Waals surface area contributed by atoms with E-state index in [-0.39, 0.29) is 0 Å². The van der Waals surface area contributed by atoms with Gasteiger partial charge in [-0.05, 0) is 62.5 Å². The molecule has 0 bridgehead atoms. The van der Waals surface area contributed by atoms with Crippen LogP contribution in [-0.2, 0) is 16.0 Å². The van der Waals surface area contributed by atoms with Gasteiger partial charge in [0, 0.05) is 6.54 Å². The minimum absolute atomic E-state index is 0.527. The van der Waals surface area contributed by atoms with Crippen LogP contribution >= 0.6 is 0 Å². The number of hydrogen-bond acceptors (Lipinski definition) is 4. The molecule has 0 aromatic heterocycles. The van der Waals surface area contributed by atoms with Crippen LogP contribution in [0, 0.1) is 6.92 Å². The van der Waals surface area contributed by atoms with E-state index in [1.54, 1.807) is 7.11 Å². The van der Waals surface area contributed by atoms with Crippen molar-refractivity contribution in [3.05, 3.63) is 29.3 Å². The van der Waals surface area contributed by atoms with Crippen molar-refractivity contribution in [1.82, 2.24) is 4.90 Å². The number of aryl methyl sites for hydroxylation is 1. The molecule has 1 aromatic rings. The van der Waals surface area contributed by atoms with Crippen molar-refractivity contribution in [1.29, 1.82) is 0 Å². The summed E-state index contributed by atoms with van der Waals surface area (Å²) in [5.74, 6) is 0.936. The molecule has 0 aliphatic carbocycles. The SMILES string of the molecule is CCN(CCCCCCOC=O)CCc1cc(OC)ccc1C. The summed E-state index contributed by atoms with van der Waals surface area (Å²) in [5.41, 5.74) is 2.70. The van der Waals surface area contributed by atoms with Crippen molar-refractivity contribution in [2.45, 2.75) is 46.0 Å². The largest absolute Gasteiger partial charge is 0.497 e. The van der Waals surface area contributed by atoms with Crippen molar-refractivity contribution in [3.8, 4) is 5.75 Å². The first-order chi connectivity index (χ1) is 11.2. The van der Waals surface area contributed by atoms with Crippen LogP contribution in [0.5, 0.6) is 5.75 Å². The predicted octanol–water partition coefficient (Wildman–Crippen LogP) is 3.60. The molecular formula is C19H31NO3. The summed E-state index contributed by atoms with van der Waals surface area (Å²) in [7, 11) is 1.72. The molecule has 0 saturated carbocycles. The summed E-state index contributed by atoms with van der Waals surface area (Å²) >= 11 is 0. The van der Waals surface area contributed by atoms with Gasteiger partial charge in [0.15, 0.2) is 0 Å². The second kappa shape index (κ2) is 11.9. The number of ether oxygens (including phenoxy) is 2. The third kappa shape index (κ3) is 8.03. The maximum absolute atomic E-state index is 10.0. The van der Waals surface area contributed by atoms with Gasteiger partial charge in [0.2, 0.25) is 0 Å². The maximum atomic E-state index is 10.0. The van der Waals surface area contributed by atoms with Gasteiger partial charge in [0.1, 0.15) is 5.75 Å². The molecule has 0 fully saturated rings. The van der Waals surface area contributed by atoms with E-state index >= 15 is 0 Å². The number of carbonyl (C=O) groups is 1. The van der Waals surface area contributed by atoms with Gasteiger partial charge in [-0.3, -0.25) is 4.79 Å². The zero-order valence-corrected chi connectivity index (χ0v) is 14.8. The summed E-state index contributed by atoms with van der Waals surface area (Å²) in [6.07, 6.45) is 5.54. The summed E-state index contributed by atoms with van der Waals surface area (Å²) in [5, 5.41) is 0. The zero-order chi connectivity index (χ0) is 16.9. The van der Waals surface area contributed by atoms with Crippen molar-refractivity contribution in [3.63, 3.8) is 0 Å². The topological polar surface area (TPSA) is 38.8 Å². The lowest BCUT2D eigenvalue weighted by atomic mass is 10.0. The van der Waals surface area contributed by atoms with Crippen LogP contribution in [0.1, 0.15) is 43.7 Å². The van der Waals surface area contributed by atoms with E-state index < -0.39 is 0 Å². The first-order valence-electron chi connectivity index (χ1n) is 8.62. The van der Waals surface area contributed by atoms with Crippen LogP contribution in [-0.4, -0.2) is 44.7 Å².